The molecule has 1 heterocycles. The summed E-state index contributed by atoms with van der Waals surface area (Å²) in [4.78, 5) is 0. The number of hydrogen-bond acceptors (Lipinski definition) is 2. The first-order valence-corrected chi connectivity index (χ1v) is 6.74. The second-order valence-electron chi connectivity index (χ2n) is 4.19. The van der Waals surface area contributed by atoms with Gasteiger partial charge in [-0.3, -0.25) is 0 Å². The Morgan fingerprint density at radius 3 is 3.06 bits per heavy atom. The molecule has 0 aliphatic carbocycles. The Morgan fingerprint density at radius 2 is 2.38 bits per heavy atom. The Morgan fingerprint density at radius 1 is 1.50 bits per heavy atom. The molecule has 2 rings (SSSR count). The quantitative estimate of drug-likeness (QED) is 0.920. The predicted octanol–water partition coefficient (Wildman–Crippen LogP) is 3.14. The first-order valence-electron chi connectivity index (χ1n) is 5.95. The van der Waals surface area contributed by atoms with Gasteiger partial charge in [0.15, 0.2) is 0 Å². The van der Waals surface area contributed by atoms with Crippen molar-refractivity contribution in [3.05, 3.63) is 28.2 Å². The molecule has 1 aliphatic rings. The van der Waals surface area contributed by atoms with Crippen molar-refractivity contribution in [2.24, 2.45) is 0 Å². The summed E-state index contributed by atoms with van der Waals surface area (Å²) >= 11 is 3.49. The Labute approximate surface area is 106 Å². The van der Waals surface area contributed by atoms with Crippen LogP contribution in [-0.4, -0.2) is 19.2 Å². The highest BCUT2D eigenvalue weighted by atomic mass is 79.9. The molecule has 2 nitrogen and oxygen atoms in total. The number of piperidine rings is 1. The fraction of sp³-hybridized carbons (Fsp3) is 0.538. The van der Waals surface area contributed by atoms with Gasteiger partial charge in [0, 0.05) is 11.0 Å². The molecule has 0 aromatic heterocycles. The summed E-state index contributed by atoms with van der Waals surface area (Å²) in [6, 6.07) is 6.26. The number of halogens is 1. The van der Waals surface area contributed by atoms with Gasteiger partial charge in [0.2, 0.25) is 0 Å². The Balaban J connectivity index is 2.07. The van der Waals surface area contributed by atoms with Crippen LogP contribution in [0.5, 0.6) is 5.75 Å². The molecule has 16 heavy (non-hydrogen) atoms. The van der Waals surface area contributed by atoms with Crippen molar-refractivity contribution in [1.82, 2.24) is 5.32 Å². The molecule has 0 saturated carbocycles. The lowest BCUT2D eigenvalue weighted by Crippen LogP contribution is -2.37. The van der Waals surface area contributed by atoms with Crippen molar-refractivity contribution < 1.29 is 4.74 Å². The van der Waals surface area contributed by atoms with Gasteiger partial charge in [-0.1, -0.05) is 22.9 Å². The fourth-order valence-corrected chi connectivity index (χ4v) is 2.45. The van der Waals surface area contributed by atoms with Gasteiger partial charge in [-0.15, -0.1) is 0 Å². The van der Waals surface area contributed by atoms with Crippen molar-refractivity contribution in [2.45, 2.75) is 32.3 Å². The normalized spacial score (nSPS) is 20.8. The van der Waals surface area contributed by atoms with Crippen LogP contribution in [0.25, 0.3) is 0 Å². The van der Waals surface area contributed by atoms with E-state index in [1.165, 1.54) is 12.0 Å². The topological polar surface area (TPSA) is 21.3 Å². The highest BCUT2D eigenvalue weighted by Crippen LogP contribution is 2.25. The number of hydrogen-bond donors (Lipinski definition) is 1. The van der Waals surface area contributed by atoms with Crippen LogP contribution in [0.3, 0.4) is 0 Å². The van der Waals surface area contributed by atoms with E-state index in [9.17, 15) is 0 Å². The minimum atomic E-state index is 0.334. The lowest BCUT2D eigenvalue weighted by Gasteiger charge is -2.25. The highest BCUT2D eigenvalue weighted by Gasteiger charge is 2.15. The summed E-state index contributed by atoms with van der Waals surface area (Å²) in [7, 11) is 0. The zero-order valence-electron chi connectivity index (χ0n) is 9.63. The summed E-state index contributed by atoms with van der Waals surface area (Å²) < 4.78 is 7.17. The lowest BCUT2D eigenvalue weighted by atomic mass is 10.1. The molecule has 88 valence electrons. The van der Waals surface area contributed by atoms with Gasteiger partial charge in [0.25, 0.3) is 0 Å². The molecule has 0 radical (unpaired) electrons. The van der Waals surface area contributed by atoms with Crippen molar-refractivity contribution in [3.8, 4) is 5.75 Å². The average molecular weight is 284 g/mol. The van der Waals surface area contributed by atoms with E-state index in [4.69, 9.17) is 4.74 Å². The maximum atomic E-state index is 6.05. The Bertz CT molecular complexity index is 348. The largest absolute Gasteiger partial charge is 0.489 e. The van der Waals surface area contributed by atoms with Crippen LogP contribution in [-0.2, 0) is 6.42 Å². The summed E-state index contributed by atoms with van der Waals surface area (Å²) in [5.41, 5.74) is 1.28. The molecular weight excluding hydrogens is 266 g/mol. The SMILES string of the molecule is CCc1cc(Br)ccc1O[C@H]1CCCNC1. The summed E-state index contributed by atoms with van der Waals surface area (Å²) in [5.74, 6) is 1.04. The van der Waals surface area contributed by atoms with E-state index < -0.39 is 0 Å². The highest BCUT2D eigenvalue weighted by molar-refractivity contribution is 9.10. The van der Waals surface area contributed by atoms with Crippen LogP contribution >= 0.6 is 15.9 Å². The maximum Gasteiger partial charge on any atom is 0.123 e. The van der Waals surface area contributed by atoms with Crippen LogP contribution in [0.4, 0.5) is 0 Å². The van der Waals surface area contributed by atoms with Gasteiger partial charge in [0.05, 0.1) is 0 Å². The van der Waals surface area contributed by atoms with Crippen LogP contribution in [0.2, 0.25) is 0 Å². The van der Waals surface area contributed by atoms with Gasteiger partial charge in [-0.05, 0) is 49.6 Å². The molecule has 1 fully saturated rings. The lowest BCUT2D eigenvalue weighted by molar-refractivity contribution is 0.165. The second kappa shape index (κ2) is 5.69. The molecule has 3 heteroatoms. The minimum absolute atomic E-state index is 0.334. The van der Waals surface area contributed by atoms with E-state index in [0.29, 0.717) is 6.10 Å². The van der Waals surface area contributed by atoms with Crippen LogP contribution in [0.15, 0.2) is 22.7 Å². The molecule has 0 amide bonds. The van der Waals surface area contributed by atoms with E-state index in [1.807, 2.05) is 6.07 Å². The summed E-state index contributed by atoms with van der Waals surface area (Å²) in [6.45, 7) is 4.26. The summed E-state index contributed by atoms with van der Waals surface area (Å²) in [6.07, 6.45) is 3.71. The third-order valence-electron chi connectivity index (χ3n) is 2.95. The van der Waals surface area contributed by atoms with Crippen molar-refractivity contribution in [3.63, 3.8) is 0 Å². The van der Waals surface area contributed by atoms with E-state index >= 15 is 0 Å². The molecule has 1 aromatic carbocycles. The first-order chi connectivity index (χ1) is 7.79. The number of ether oxygens (including phenoxy) is 1. The van der Waals surface area contributed by atoms with Crippen LogP contribution < -0.4 is 10.1 Å². The van der Waals surface area contributed by atoms with Gasteiger partial charge in [-0.25, -0.2) is 0 Å². The zero-order chi connectivity index (χ0) is 11.4. The third-order valence-corrected chi connectivity index (χ3v) is 3.44. The maximum absolute atomic E-state index is 6.05. The van der Waals surface area contributed by atoms with Gasteiger partial charge in [0.1, 0.15) is 11.9 Å². The first kappa shape index (κ1) is 11.9. The molecule has 1 atom stereocenters. The van der Waals surface area contributed by atoms with Crippen LogP contribution in [0, 0.1) is 0 Å². The van der Waals surface area contributed by atoms with E-state index in [-0.39, 0.29) is 0 Å². The monoisotopic (exact) mass is 283 g/mol. The van der Waals surface area contributed by atoms with Crippen molar-refractivity contribution >= 4 is 15.9 Å². The van der Waals surface area contributed by atoms with E-state index in [0.717, 1.165) is 36.2 Å². The molecular formula is C13H18BrNO. The molecule has 1 saturated heterocycles. The second-order valence-corrected chi connectivity index (χ2v) is 5.11. The standard InChI is InChI=1S/C13H18BrNO/c1-2-10-8-11(14)5-6-13(10)16-12-4-3-7-15-9-12/h5-6,8,12,15H,2-4,7,9H2,1H3/t12-/m0/s1. The van der Waals surface area contributed by atoms with Gasteiger partial charge >= 0.3 is 0 Å². The molecule has 1 N–H and O–H groups in total. The predicted molar refractivity (Wildman–Crippen MR) is 70.0 cm³/mol. The molecule has 1 aromatic rings. The van der Waals surface area contributed by atoms with E-state index in [2.05, 4.69) is 40.3 Å². The molecule has 1 aliphatic heterocycles. The Hall–Kier alpha value is -0.540. The Kier molecular flexibility index (Phi) is 4.24. The smallest absolute Gasteiger partial charge is 0.123 e. The van der Waals surface area contributed by atoms with Crippen molar-refractivity contribution in [2.75, 3.05) is 13.1 Å². The number of nitrogens with one attached hydrogen (secondary N) is 1. The van der Waals surface area contributed by atoms with E-state index in [1.54, 1.807) is 0 Å². The average Bonchev–Trinajstić information content (AvgIpc) is 2.33. The number of rotatable bonds is 3. The van der Waals surface area contributed by atoms with Gasteiger partial charge in [-0.2, -0.15) is 0 Å². The molecule has 0 bridgehead atoms. The number of benzene rings is 1. The molecule has 0 unspecified atom stereocenters. The zero-order valence-corrected chi connectivity index (χ0v) is 11.2. The fourth-order valence-electron chi connectivity index (χ4n) is 2.04. The van der Waals surface area contributed by atoms with Crippen LogP contribution in [0.1, 0.15) is 25.3 Å². The molecule has 0 spiro atoms. The summed E-state index contributed by atoms with van der Waals surface area (Å²) in [5, 5.41) is 3.37. The van der Waals surface area contributed by atoms with Gasteiger partial charge < -0.3 is 10.1 Å². The minimum Gasteiger partial charge on any atom is -0.489 e. The van der Waals surface area contributed by atoms with Crippen molar-refractivity contribution in [1.29, 1.82) is 0 Å². The third kappa shape index (κ3) is 2.98. The number of aryl methyl sites for hydroxylation is 1.